The van der Waals surface area contributed by atoms with Gasteiger partial charge in [-0.1, -0.05) is 0 Å². The van der Waals surface area contributed by atoms with Crippen LogP contribution in [-0.2, 0) is 4.79 Å². The maximum Gasteiger partial charge on any atom is 0.229 e. The minimum Gasteiger partial charge on any atom is -0.277 e. The molecule has 0 aromatic carbocycles. The van der Waals surface area contributed by atoms with Crippen LogP contribution in [0.1, 0.15) is 6.92 Å². The van der Waals surface area contributed by atoms with E-state index < -0.39 is 6.04 Å². The molecule has 1 atom stereocenters. The van der Waals surface area contributed by atoms with E-state index >= 15 is 0 Å². The van der Waals surface area contributed by atoms with Gasteiger partial charge in [-0.05, 0) is 6.92 Å². The first-order valence-electron chi connectivity index (χ1n) is 1.84. The van der Waals surface area contributed by atoms with Crippen LogP contribution in [0.2, 0.25) is 0 Å². The van der Waals surface area contributed by atoms with Crippen molar-refractivity contribution in [2.24, 2.45) is 0 Å². The van der Waals surface area contributed by atoms with Gasteiger partial charge in [0.2, 0.25) is 6.41 Å². The van der Waals surface area contributed by atoms with E-state index in [0.29, 0.717) is 6.41 Å². The number of nitrogens with zero attached hydrogens (tertiary/aromatic N) is 2. The summed E-state index contributed by atoms with van der Waals surface area (Å²) in [5, 5.41) is 11.2. The molecule has 0 spiro atoms. The van der Waals surface area contributed by atoms with Crippen LogP contribution in [0.5, 0.6) is 0 Å². The average molecular weight is 97.1 g/mol. The minimum absolute atomic E-state index is 0.383. The summed E-state index contributed by atoms with van der Waals surface area (Å²) in [4.78, 5) is 9.46. The molecule has 37 valence electrons. The summed E-state index contributed by atoms with van der Waals surface area (Å²) in [6.07, 6.45) is 0.383. The fourth-order valence-electron chi connectivity index (χ4n) is 0.125. The quantitative estimate of drug-likeness (QED) is 0.442. The molecule has 0 aliphatic rings. The number of amides is 1. The molecule has 0 fully saturated rings. The fourth-order valence-corrected chi connectivity index (χ4v) is 0.125. The highest BCUT2D eigenvalue weighted by Crippen LogP contribution is 1.72. The maximum absolute atomic E-state index is 9.46. The maximum atomic E-state index is 9.46. The summed E-state index contributed by atoms with van der Waals surface area (Å²) < 4.78 is 0. The summed E-state index contributed by atoms with van der Waals surface area (Å²) in [6, 6.07) is 1.28. The van der Waals surface area contributed by atoms with E-state index in [4.69, 9.17) is 5.26 Å². The molecule has 0 aromatic heterocycles. The van der Waals surface area contributed by atoms with Gasteiger partial charge >= 0.3 is 0 Å². The number of carbonyl (C=O) groups is 1. The van der Waals surface area contributed by atoms with E-state index in [0.717, 1.165) is 0 Å². The van der Waals surface area contributed by atoms with Crippen molar-refractivity contribution in [2.75, 3.05) is 0 Å². The zero-order chi connectivity index (χ0) is 5.70. The molecule has 0 aromatic rings. The first-order chi connectivity index (χ1) is 3.31. The third-order valence-electron chi connectivity index (χ3n) is 0.471. The second kappa shape index (κ2) is 3.16. The van der Waals surface area contributed by atoms with Gasteiger partial charge < -0.3 is 0 Å². The first kappa shape index (κ1) is 5.96. The van der Waals surface area contributed by atoms with Gasteiger partial charge in [0.25, 0.3) is 0 Å². The van der Waals surface area contributed by atoms with Crippen molar-refractivity contribution in [3.63, 3.8) is 0 Å². The lowest BCUT2D eigenvalue weighted by atomic mass is 10.4. The van der Waals surface area contributed by atoms with Gasteiger partial charge in [-0.15, -0.1) is 0 Å². The van der Waals surface area contributed by atoms with Crippen molar-refractivity contribution in [1.82, 2.24) is 5.32 Å². The molecule has 7 heavy (non-hydrogen) atoms. The average Bonchev–Trinajstić information content (AvgIpc) is 1.68. The SMILES string of the molecule is CC(C#N)[N]C=O. The molecular weight excluding hydrogens is 92.1 g/mol. The second-order valence-corrected chi connectivity index (χ2v) is 1.06. The normalized spacial score (nSPS) is 11.4. The van der Waals surface area contributed by atoms with Gasteiger partial charge in [-0.2, -0.15) is 5.26 Å². The largest absolute Gasteiger partial charge is 0.277 e. The van der Waals surface area contributed by atoms with Gasteiger partial charge in [0.15, 0.2) is 0 Å². The Morgan fingerprint density at radius 3 is 2.71 bits per heavy atom. The molecule has 3 heteroatoms. The van der Waals surface area contributed by atoms with E-state index in [2.05, 4.69) is 5.32 Å². The third-order valence-corrected chi connectivity index (χ3v) is 0.471. The number of nitriles is 1. The second-order valence-electron chi connectivity index (χ2n) is 1.06. The Bertz CT molecular complexity index is 94.4. The topological polar surface area (TPSA) is 55.0 Å². The zero-order valence-corrected chi connectivity index (χ0v) is 3.96. The lowest BCUT2D eigenvalue weighted by Gasteiger charge is -1.88. The van der Waals surface area contributed by atoms with Crippen molar-refractivity contribution in [3.8, 4) is 6.07 Å². The van der Waals surface area contributed by atoms with Gasteiger partial charge in [0, 0.05) is 0 Å². The smallest absolute Gasteiger partial charge is 0.229 e. The van der Waals surface area contributed by atoms with Crippen LogP contribution >= 0.6 is 0 Å². The van der Waals surface area contributed by atoms with E-state index in [1.54, 1.807) is 13.0 Å². The highest BCUT2D eigenvalue weighted by molar-refractivity contribution is 5.46. The molecular formula is C4H5N2O. The molecule has 0 aliphatic heterocycles. The van der Waals surface area contributed by atoms with E-state index in [9.17, 15) is 4.79 Å². The highest BCUT2D eigenvalue weighted by atomic mass is 16.1. The Labute approximate surface area is 41.9 Å². The molecule has 0 rings (SSSR count). The first-order valence-corrected chi connectivity index (χ1v) is 1.84. The van der Waals surface area contributed by atoms with Gasteiger partial charge in [0.05, 0.1) is 6.07 Å². The fraction of sp³-hybridized carbons (Fsp3) is 0.500. The van der Waals surface area contributed by atoms with Crippen LogP contribution in [0.25, 0.3) is 0 Å². The van der Waals surface area contributed by atoms with Crippen molar-refractivity contribution in [2.45, 2.75) is 13.0 Å². The molecule has 0 bridgehead atoms. The Kier molecular flexibility index (Phi) is 2.69. The van der Waals surface area contributed by atoms with Crippen molar-refractivity contribution < 1.29 is 4.79 Å². The highest BCUT2D eigenvalue weighted by Gasteiger charge is 1.93. The number of hydrogen-bond donors (Lipinski definition) is 0. The molecule has 0 saturated carbocycles. The van der Waals surface area contributed by atoms with E-state index in [1.165, 1.54) is 0 Å². The van der Waals surface area contributed by atoms with Crippen LogP contribution in [-0.4, -0.2) is 12.5 Å². The third kappa shape index (κ3) is 2.77. The molecule has 0 aliphatic carbocycles. The Balaban J connectivity index is 3.21. The van der Waals surface area contributed by atoms with Crippen molar-refractivity contribution in [1.29, 1.82) is 5.26 Å². The summed E-state index contributed by atoms with van der Waals surface area (Å²) in [5.41, 5.74) is 0. The number of rotatable bonds is 2. The summed E-state index contributed by atoms with van der Waals surface area (Å²) in [6.45, 7) is 1.55. The van der Waals surface area contributed by atoms with Crippen LogP contribution in [0.4, 0.5) is 0 Å². The van der Waals surface area contributed by atoms with Crippen LogP contribution < -0.4 is 5.32 Å². The standard InChI is InChI=1S/C4H5N2O/c1-4(2-5)6-3-7/h3-4H,1H3. The van der Waals surface area contributed by atoms with Crippen LogP contribution in [0.15, 0.2) is 0 Å². The lowest BCUT2D eigenvalue weighted by molar-refractivity contribution is -0.110. The number of carbonyl (C=O) groups excluding carboxylic acids is 1. The molecule has 1 radical (unpaired) electrons. The lowest BCUT2D eigenvalue weighted by Crippen LogP contribution is -2.13. The monoisotopic (exact) mass is 97.0 g/mol. The predicted octanol–water partition coefficient (Wildman–Crippen LogP) is -0.341. The van der Waals surface area contributed by atoms with Crippen LogP contribution in [0.3, 0.4) is 0 Å². The van der Waals surface area contributed by atoms with Crippen molar-refractivity contribution in [3.05, 3.63) is 0 Å². The molecule has 0 heterocycles. The van der Waals surface area contributed by atoms with Crippen LogP contribution in [0, 0.1) is 11.3 Å². The molecule has 1 amide bonds. The molecule has 3 nitrogen and oxygen atoms in total. The number of hydrogen-bond acceptors (Lipinski definition) is 2. The summed E-state index contributed by atoms with van der Waals surface area (Å²) in [5.74, 6) is 0. The molecule has 1 unspecified atom stereocenters. The summed E-state index contributed by atoms with van der Waals surface area (Å²) >= 11 is 0. The van der Waals surface area contributed by atoms with Crippen molar-refractivity contribution >= 4 is 6.41 Å². The molecule has 0 N–H and O–H groups in total. The zero-order valence-electron chi connectivity index (χ0n) is 3.96. The molecule has 0 saturated heterocycles. The van der Waals surface area contributed by atoms with Gasteiger partial charge in [-0.3, -0.25) is 4.79 Å². The Hall–Kier alpha value is -1.04. The summed E-state index contributed by atoms with van der Waals surface area (Å²) in [7, 11) is 0. The minimum atomic E-state index is -0.488. The van der Waals surface area contributed by atoms with Gasteiger partial charge in [0.1, 0.15) is 6.04 Å². The Morgan fingerprint density at radius 2 is 2.57 bits per heavy atom. The Morgan fingerprint density at radius 1 is 2.00 bits per heavy atom. The van der Waals surface area contributed by atoms with Gasteiger partial charge in [-0.25, -0.2) is 5.32 Å². The van der Waals surface area contributed by atoms with E-state index in [-0.39, 0.29) is 0 Å². The predicted molar refractivity (Wildman–Crippen MR) is 23.3 cm³/mol. The van der Waals surface area contributed by atoms with E-state index in [1.807, 2.05) is 0 Å².